The lowest BCUT2D eigenvalue weighted by Crippen LogP contribution is -2.22. The fourth-order valence-corrected chi connectivity index (χ4v) is 2.31. The van der Waals surface area contributed by atoms with Crippen molar-refractivity contribution in [2.75, 3.05) is 11.0 Å². The minimum Gasteiger partial charge on any atom is -0.270 e. The largest absolute Gasteiger partial charge is 0.296 e. The van der Waals surface area contributed by atoms with E-state index in [1.54, 1.807) is 0 Å². The smallest absolute Gasteiger partial charge is 0.270 e. The third-order valence-corrected chi connectivity index (χ3v) is 3.56. The molecule has 0 unspecified atom stereocenters. The minimum absolute atomic E-state index is 0.0527. The van der Waals surface area contributed by atoms with Gasteiger partial charge in [-0.1, -0.05) is 11.6 Å². The van der Waals surface area contributed by atoms with Crippen LogP contribution in [0, 0.1) is 0 Å². The highest BCUT2D eigenvalue weighted by Crippen LogP contribution is 2.25. The van der Waals surface area contributed by atoms with Crippen LogP contribution in [0.5, 0.6) is 0 Å². The molecule has 1 aromatic rings. The number of halogens is 1. The van der Waals surface area contributed by atoms with Crippen LogP contribution in [-0.2, 0) is 20.0 Å². The summed E-state index contributed by atoms with van der Waals surface area (Å²) in [7, 11) is -7.42. The molecule has 0 saturated carbocycles. The first-order valence-electron chi connectivity index (χ1n) is 3.90. The number of rotatable bonds is 3. The molecule has 9 heteroatoms. The zero-order valence-corrected chi connectivity index (χ0v) is 10.5. The maximum atomic E-state index is 11.2. The Morgan fingerprint density at radius 3 is 2.25 bits per heavy atom. The average molecular weight is 285 g/mol. The van der Waals surface area contributed by atoms with Gasteiger partial charge in [0.05, 0.1) is 15.6 Å². The molecule has 0 saturated heterocycles. The summed E-state index contributed by atoms with van der Waals surface area (Å²) in [6.07, 6.45) is 0.997. The van der Waals surface area contributed by atoms with Gasteiger partial charge in [0.1, 0.15) is 0 Å². The van der Waals surface area contributed by atoms with Gasteiger partial charge in [0, 0.05) is 6.26 Å². The predicted molar refractivity (Wildman–Crippen MR) is 61.3 cm³/mol. The average Bonchev–Trinajstić information content (AvgIpc) is 2.04. The Bertz CT molecular complexity index is 609. The van der Waals surface area contributed by atoms with E-state index >= 15 is 0 Å². The number of nitrogens with two attached hydrogens (primary N) is 1. The zero-order chi connectivity index (χ0) is 12.6. The molecule has 0 spiro atoms. The Morgan fingerprint density at radius 1 is 1.25 bits per heavy atom. The first kappa shape index (κ1) is 13.2. The van der Waals surface area contributed by atoms with Crippen molar-refractivity contribution in [2.45, 2.75) is 4.90 Å². The SMILES string of the molecule is CS(=O)(=O)c1ccc(Cl)c(NS(N)(=O)=O)c1. The fraction of sp³-hybridized carbons (Fsp3) is 0.143. The van der Waals surface area contributed by atoms with Crippen LogP contribution in [0.2, 0.25) is 5.02 Å². The Hall–Kier alpha value is -0.830. The second-order valence-electron chi connectivity index (χ2n) is 3.06. The molecule has 1 rings (SSSR count). The Kier molecular flexibility index (Phi) is 3.48. The van der Waals surface area contributed by atoms with Crippen molar-refractivity contribution in [2.24, 2.45) is 5.14 Å². The van der Waals surface area contributed by atoms with E-state index in [0.717, 1.165) is 12.3 Å². The van der Waals surface area contributed by atoms with Crippen LogP contribution >= 0.6 is 11.6 Å². The van der Waals surface area contributed by atoms with Crippen molar-refractivity contribution in [1.29, 1.82) is 0 Å². The van der Waals surface area contributed by atoms with Gasteiger partial charge < -0.3 is 0 Å². The van der Waals surface area contributed by atoms with Crippen molar-refractivity contribution in [3.63, 3.8) is 0 Å². The molecular formula is C7H9ClN2O4S2. The van der Waals surface area contributed by atoms with Gasteiger partial charge in [0.15, 0.2) is 9.84 Å². The van der Waals surface area contributed by atoms with Crippen LogP contribution in [0.25, 0.3) is 0 Å². The van der Waals surface area contributed by atoms with Gasteiger partial charge in [0.25, 0.3) is 10.2 Å². The summed E-state index contributed by atoms with van der Waals surface area (Å²) in [6, 6.07) is 3.64. The maximum absolute atomic E-state index is 11.2. The topological polar surface area (TPSA) is 106 Å². The zero-order valence-electron chi connectivity index (χ0n) is 8.14. The van der Waals surface area contributed by atoms with E-state index in [0.29, 0.717) is 0 Å². The molecule has 0 bridgehead atoms. The first-order valence-corrected chi connectivity index (χ1v) is 7.71. The third-order valence-electron chi connectivity index (χ3n) is 1.62. The van der Waals surface area contributed by atoms with Gasteiger partial charge in [-0.2, -0.15) is 8.42 Å². The van der Waals surface area contributed by atoms with Gasteiger partial charge >= 0.3 is 0 Å². The lowest BCUT2D eigenvalue weighted by Gasteiger charge is -2.07. The Morgan fingerprint density at radius 2 is 1.81 bits per heavy atom. The molecule has 3 N–H and O–H groups in total. The van der Waals surface area contributed by atoms with Gasteiger partial charge in [0.2, 0.25) is 0 Å². The van der Waals surface area contributed by atoms with E-state index < -0.39 is 20.0 Å². The molecule has 0 aliphatic heterocycles. The molecule has 1 aromatic carbocycles. The highest BCUT2D eigenvalue weighted by atomic mass is 35.5. The Balaban J connectivity index is 3.31. The molecule has 0 aromatic heterocycles. The molecule has 0 amide bonds. The summed E-state index contributed by atoms with van der Waals surface area (Å²) in [5, 5.41) is 4.81. The first-order chi connectivity index (χ1) is 7.09. The summed E-state index contributed by atoms with van der Waals surface area (Å²) in [5.41, 5.74) is -0.0768. The highest BCUT2D eigenvalue weighted by molar-refractivity contribution is 7.91. The summed E-state index contributed by atoms with van der Waals surface area (Å²) in [6.45, 7) is 0. The molecule has 0 atom stereocenters. The van der Waals surface area contributed by atoms with Crippen LogP contribution in [0.1, 0.15) is 0 Å². The molecule has 0 heterocycles. The summed E-state index contributed by atoms with van der Waals surface area (Å²) in [4.78, 5) is -0.0527. The van der Waals surface area contributed by atoms with Crippen LogP contribution in [0.3, 0.4) is 0 Å². The molecule has 16 heavy (non-hydrogen) atoms. The van der Waals surface area contributed by atoms with Gasteiger partial charge in [-0.25, -0.2) is 13.6 Å². The van der Waals surface area contributed by atoms with Crippen molar-refractivity contribution in [3.8, 4) is 0 Å². The third kappa shape index (κ3) is 3.63. The van der Waals surface area contributed by atoms with Crippen LogP contribution < -0.4 is 9.86 Å². The monoisotopic (exact) mass is 284 g/mol. The van der Waals surface area contributed by atoms with E-state index in [-0.39, 0.29) is 15.6 Å². The molecule has 90 valence electrons. The molecule has 0 fully saturated rings. The number of anilines is 1. The van der Waals surface area contributed by atoms with E-state index in [1.807, 2.05) is 4.72 Å². The van der Waals surface area contributed by atoms with E-state index in [4.69, 9.17) is 16.7 Å². The number of hydrogen-bond donors (Lipinski definition) is 2. The lowest BCUT2D eigenvalue weighted by atomic mass is 10.3. The van der Waals surface area contributed by atoms with Gasteiger partial charge in [-0.3, -0.25) is 4.72 Å². The number of benzene rings is 1. The highest BCUT2D eigenvalue weighted by Gasteiger charge is 2.12. The quantitative estimate of drug-likeness (QED) is 0.835. The van der Waals surface area contributed by atoms with Crippen molar-refractivity contribution in [1.82, 2.24) is 0 Å². The van der Waals surface area contributed by atoms with Crippen LogP contribution in [-0.4, -0.2) is 23.1 Å². The molecule has 0 aliphatic carbocycles. The van der Waals surface area contributed by atoms with Crippen LogP contribution in [0.4, 0.5) is 5.69 Å². The van der Waals surface area contributed by atoms with Gasteiger partial charge in [-0.05, 0) is 18.2 Å². The molecule has 0 aliphatic rings. The fourth-order valence-electron chi connectivity index (χ4n) is 0.967. The van der Waals surface area contributed by atoms with E-state index in [1.165, 1.54) is 12.1 Å². The second kappa shape index (κ2) is 4.21. The standard InChI is InChI=1S/C7H9ClN2O4S2/c1-15(11,12)5-2-3-6(8)7(4-5)10-16(9,13)14/h2-4,10H,1H3,(H2,9,13,14). The maximum Gasteiger partial charge on any atom is 0.296 e. The minimum atomic E-state index is -3.99. The van der Waals surface area contributed by atoms with Gasteiger partial charge in [-0.15, -0.1) is 0 Å². The molecule has 0 radical (unpaired) electrons. The molecule has 6 nitrogen and oxygen atoms in total. The van der Waals surface area contributed by atoms with Crippen molar-refractivity contribution in [3.05, 3.63) is 23.2 Å². The number of hydrogen-bond acceptors (Lipinski definition) is 4. The summed E-state index contributed by atoms with van der Waals surface area (Å²) >= 11 is 5.68. The van der Waals surface area contributed by atoms with Crippen LogP contribution in [0.15, 0.2) is 23.1 Å². The predicted octanol–water partition coefficient (Wildman–Crippen LogP) is 0.359. The molecular weight excluding hydrogens is 276 g/mol. The normalized spacial score (nSPS) is 12.4. The summed E-state index contributed by atoms with van der Waals surface area (Å²) < 4.78 is 45.9. The van der Waals surface area contributed by atoms with E-state index in [2.05, 4.69) is 0 Å². The number of nitrogens with one attached hydrogen (secondary N) is 1. The lowest BCUT2D eigenvalue weighted by molar-refractivity contribution is 0.599. The van der Waals surface area contributed by atoms with E-state index in [9.17, 15) is 16.8 Å². The second-order valence-corrected chi connectivity index (χ2v) is 6.78. The van der Waals surface area contributed by atoms with Crippen molar-refractivity contribution < 1.29 is 16.8 Å². The Labute approximate surface area is 98.5 Å². The summed E-state index contributed by atoms with van der Waals surface area (Å²) in [5.74, 6) is 0. The van der Waals surface area contributed by atoms with Crippen molar-refractivity contribution >= 4 is 37.3 Å². The number of sulfone groups is 1.